The van der Waals surface area contributed by atoms with Crippen molar-refractivity contribution in [3.05, 3.63) is 71.8 Å². The molecule has 1 N–H and O–H groups in total. The van der Waals surface area contributed by atoms with Gasteiger partial charge in [0.25, 0.3) is 0 Å². The average molecular weight is 420 g/mol. The molecule has 1 saturated heterocycles. The quantitative estimate of drug-likeness (QED) is 0.339. The molecule has 1 aliphatic heterocycles. The Balaban J connectivity index is 1.87. The van der Waals surface area contributed by atoms with Gasteiger partial charge < -0.3 is 9.84 Å². The third-order valence-corrected chi connectivity index (χ3v) is 5.33. The van der Waals surface area contributed by atoms with Crippen LogP contribution < -0.4 is 0 Å². The maximum absolute atomic E-state index is 9.74. The maximum atomic E-state index is 9.74. The van der Waals surface area contributed by atoms with Gasteiger partial charge in [-0.1, -0.05) is 60.7 Å². The number of likely N-dealkylation sites (N-methyl/N-ethyl adjacent to an activating group) is 1. The summed E-state index contributed by atoms with van der Waals surface area (Å²) in [6, 6.07) is 8.32. The van der Waals surface area contributed by atoms with Crippen LogP contribution in [0.1, 0.15) is 11.6 Å². The first kappa shape index (κ1) is 23.8. The molecule has 2 rings (SSSR count). The van der Waals surface area contributed by atoms with Gasteiger partial charge in [0, 0.05) is 37.7 Å². The number of ether oxygens (including phenoxy) is 1. The Morgan fingerprint density at radius 3 is 2.45 bits per heavy atom. The zero-order valence-electron chi connectivity index (χ0n) is 17.6. The minimum absolute atomic E-state index is 0.218. The average Bonchev–Trinajstić information content (AvgIpc) is 2.72. The molecule has 1 aromatic carbocycles. The molecule has 1 aromatic rings. The summed E-state index contributed by atoms with van der Waals surface area (Å²) in [5.41, 5.74) is 1.24. The molecule has 0 aliphatic carbocycles. The lowest BCUT2D eigenvalue weighted by atomic mass is 10.0. The first-order valence-corrected chi connectivity index (χ1v) is 10.5. The van der Waals surface area contributed by atoms with E-state index < -0.39 is 6.23 Å². The Labute approximate surface area is 180 Å². The zero-order valence-corrected chi connectivity index (χ0v) is 18.3. The van der Waals surface area contributed by atoms with E-state index in [-0.39, 0.29) is 6.04 Å². The van der Waals surface area contributed by atoms with Crippen LogP contribution in [0.5, 0.6) is 0 Å². The van der Waals surface area contributed by atoms with Crippen molar-refractivity contribution in [3.8, 4) is 0 Å². The number of hydrogen-bond acceptors (Lipinski definition) is 5. The Hall–Kier alpha value is -1.47. The van der Waals surface area contributed by atoms with Crippen LogP contribution in [0.4, 0.5) is 0 Å². The summed E-state index contributed by atoms with van der Waals surface area (Å²) < 4.78 is 5.60. The number of aliphatic hydroxyl groups excluding tert-OH is 1. The molecule has 0 saturated carbocycles. The second kappa shape index (κ2) is 13.0. The van der Waals surface area contributed by atoms with E-state index in [4.69, 9.17) is 16.3 Å². The van der Waals surface area contributed by atoms with Gasteiger partial charge >= 0.3 is 0 Å². The molecule has 0 amide bonds. The van der Waals surface area contributed by atoms with Crippen molar-refractivity contribution in [2.45, 2.75) is 12.3 Å². The largest absolute Gasteiger partial charge is 0.376 e. The molecular weight excluding hydrogens is 386 g/mol. The van der Waals surface area contributed by atoms with Gasteiger partial charge in [0.15, 0.2) is 0 Å². The van der Waals surface area contributed by atoms with Gasteiger partial charge in [-0.3, -0.25) is 14.7 Å². The SMILES string of the molecule is C=C/C=C\C=C/C(c1ccc(Cl)cc1)N1CCN(CCOCC(O)N(C)C)CC1. The monoisotopic (exact) mass is 419 g/mol. The van der Waals surface area contributed by atoms with Crippen molar-refractivity contribution in [2.24, 2.45) is 0 Å². The van der Waals surface area contributed by atoms with E-state index in [1.54, 1.807) is 11.0 Å². The van der Waals surface area contributed by atoms with Crippen molar-refractivity contribution in [1.29, 1.82) is 0 Å². The highest BCUT2D eigenvalue weighted by Crippen LogP contribution is 2.25. The van der Waals surface area contributed by atoms with Crippen molar-refractivity contribution >= 4 is 11.6 Å². The maximum Gasteiger partial charge on any atom is 0.130 e. The first-order chi connectivity index (χ1) is 14.0. The highest BCUT2D eigenvalue weighted by molar-refractivity contribution is 6.30. The summed E-state index contributed by atoms with van der Waals surface area (Å²) in [5, 5.41) is 10.5. The summed E-state index contributed by atoms with van der Waals surface area (Å²) >= 11 is 6.07. The van der Waals surface area contributed by atoms with Crippen LogP contribution in [0.3, 0.4) is 0 Å². The van der Waals surface area contributed by atoms with Gasteiger partial charge in [-0.25, -0.2) is 0 Å². The second-order valence-electron chi connectivity index (χ2n) is 7.40. The number of allylic oxidation sites excluding steroid dienone is 4. The number of halogens is 1. The summed E-state index contributed by atoms with van der Waals surface area (Å²) in [6.07, 6.45) is 9.47. The number of piperazine rings is 1. The molecule has 29 heavy (non-hydrogen) atoms. The molecule has 0 spiro atoms. The van der Waals surface area contributed by atoms with Gasteiger partial charge in [0.05, 0.1) is 19.3 Å². The Morgan fingerprint density at radius 1 is 1.14 bits per heavy atom. The number of hydrogen-bond donors (Lipinski definition) is 1. The van der Waals surface area contributed by atoms with Crippen LogP contribution >= 0.6 is 11.6 Å². The second-order valence-corrected chi connectivity index (χ2v) is 7.84. The van der Waals surface area contributed by atoms with E-state index in [0.717, 1.165) is 37.7 Å². The van der Waals surface area contributed by atoms with Gasteiger partial charge in [-0.15, -0.1) is 0 Å². The Kier molecular flexibility index (Phi) is 10.6. The number of aliphatic hydroxyl groups is 1. The zero-order chi connectivity index (χ0) is 21.1. The molecule has 1 fully saturated rings. The van der Waals surface area contributed by atoms with Gasteiger partial charge in [0.1, 0.15) is 6.23 Å². The Bertz CT molecular complexity index is 653. The first-order valence-electron chi connectivity index (χ1n) is 10.1. The normalized spacial score (nSPS) is 18.7. The van der Waals surface area contributed by atoms with E-state index in [1.165, 1.54) is 5.56 Å². The Morgan fingerprint density at radius 2 is 1.83 bits per heavy atom. The molecule has 1 aliphatic rings. The van der Waals surface area contributed by atoms with Crippen LogP contribution in [0, 0.1) is 0 Å². The third-order valence-electron chi connectivity index (χ3n) is 5.08. The van der Waals surface area contributed by atoms with E-state index in [2.05, 4.69) is 40.7 Å². The predicted molar refractivity (Wildman–Crippen MR) is 121 cm³/mol. The summed E-state index contributed by atoms with van der Waals surface area (Å²) in [5.74, 6) is 0. The standard InChI is InChI=1S/C23H34ClN3O2/c1-4-5-6-7-8-22(20-9-11-21(24)12-10-20)27-15-13-26(14-16-27)17-18-29-19-23(28)25(2)3/h4-12,22-23,28H,1,13-19H2,2-3H3/b6-5-,8-7-. The lowest BCUT2D eigenvalue weighted by Gasteiger charge is -2.38. The van der Waals surface area contributed by atoms with E-state index >= 15 is 0 Å². The minimum Gasteiger partial charge on any atom is -0.376 e. The molecule has 0 radical (unpaired) electrons. The number of rotatable bonds is 11. The van der Waals surface area contributed by atoms with E-state index in [9.17, 15) is 5.11 Å². The lowest BCUT2D eigenvalue weighted by Crippen LogP contribution is -2.48. The molecule has 2 atom stereocenters. The van der Waals surface area contributed by atoms with Crippen LogP contribution in [0.15, 0.2) is 61.2 Å². The van der Waals surface area contributed by atoms with Crippen molar-refractivity contribution in [2.75, 3.05) is 60.0 Å². The highest BCUT2D eigenvalue weighted by atomic mass is 35.5. The fraction of sp³-hybridized carbons (Fsp3) is 0.478. The van der Waals surface area contributed by atoms with Crippen molar-refractivity contribution in [1.82, 2.24) is 14.7 Å². The van der Waals surface area contributed by atoms with E-state index in [1.807, 2.05) is 38.4 Å². The third kappa shape index (κ3) is 8.42. The van der Waals surface area contributed by atoms with E-state index in [0.29, 0.717) is 13.2 Å². The van der Waals surface area contributed by atoms with Gasteiger partial charge in [-0.2, -0.15) is 0 Å². The molecule has 0 bridgehead atoms. The fourth-order valence-electron chi connectivity index (χ4n) is 3.21. The number of nitrogens with zero attached hydrogens (tertiary/aromatic N) is 3. The lowest BCUT2D eigenvalue weighted by molar-refractivity contribution is -0.0418. The molecule has 2 unspecified atom stereocenters. The topological polar surface area (TPSA) is 39.2 Å². The molecule has 1 heterocycles. The number of benzene rings is 1. The summed E-state index contributed by atoms with van der Waals surface area (Å²) in [6.45, 7) is 9.56. The molecule has 0 aromatic heterocycles. The summed E-state index contributed by atoms with van der Waals surface area (Å²) in [7, 11) is 3.68. The predicted octanol–water partition coefficient (Wildman–Crippen LogP) is 3.19. The van der Waals surface area contributed by atoms with Crippen LogP contribution in [-0.2, 0) is 4.74 Å². The van der Waals surface area contributed by atoms with Crippen molar-refractivity contribution < 1.29 is 9.84 Å². The fourth-order valence-corrected chi connectivity index (χ4v) is 3.34. The summed E-state index contributed by atoms with van der Waals surface area (Å²) in [4.78, 5) is 6.65. The minimum atomic E-state index is -0.547. The van der Waals surface area contributed by atoms with Gasteiger partial charge in [-0.05, 0) is 31.8 Å². The highest BCUT2D eigenvalue weighted by Gasteiger charge is 2.23. The molecular formula is C23H34ClN3O2. The van der Waals surface area contributed by atoms with Crippen LogP contribution in [0.25, 0.3) is 0 Å². The van der Waals surface area contributed by atoms with Crippen LogP contribution in [0.2, 0.25) is 5.02 Å². The van der Waals surface area contributed by atoms with Gasteiger partial charge in [0.2, 0.25) is 0 Å². The van der Waals surface area contributed by atoms with Crippen molar-refractivity contribution in [3.63, 3.8) is 0 Å². The van der Waals surface area contributed by atoms with Crippen LogP contribution in [-0.4, -0.2) is 86.1 Å². The molecule has 160 valence electrons. The smallest absolute Gasteiger partial charge is 0.130 e. The molecule has 5 nitrogen and oxygen atoms in total. The molecule has 6 heteroatoms.